The predicted octanol–water partition coefficient (Wildman–Crippen LogP) is 2.95. The molecule has 1 unspecified atom stereocenters. The van der Waals surface area contributed by atoms with E-state index in [0.717, 1.165) is 29.9 Å². The van der Waals surface area contributed by atoms with Crippen LogP contribution in [0.5, 0.6) is 0 Å². The Balaban J connectivity index is 2.54. The highest BCUT2D eigenvalue weighted by Crippen LogP contribution is 2.28. The molecule has 0 amide bonds. The number of nitrogens with zero attached hydrogens (tertiary/aromatic N) is 2. The Bertz CT molecular complexity index is 581. The molecule has 1 N–H and O–H groups in total. The molecule has 1 aromatic heterocycles. The van der Waals surface area contributed by atoms with Gasteiger partial charge in [0.25, 0.3) is 0 Å². The lowest BCUT2D eigenvalue weighted by Crippen LogP contribution is -2.36. The summed E-state index contributed by atoms with van der Waals surface area (Å²) in [5, 5.41) is 8.10. The quantitative estimate of drug-likeness (QED) is 0.785. The second-order valence-corrected chi connectivity index (χ2v) is 6.60. The largest absolute Gasteiger partial charge is 0.431 e. The third kappa shape index (κ3) is 3.62. The van der Waals surface area contributed by atoms with E-state index in [2.05, 4.69) is 26.0 Å². The Labute approximate surface area is 139 Å². The Morgan fingerprint density at radius 3 is 2.57 bits per heavy atom. The lowest BCUT2D eigenvalue weighted by molar-refractivity contribution is 0.353. The number of rotatable bonds is 7. The van der Waals surface area contributed by atoms with E-state index < -0.39 is 6.17 Å². The lowest BCUT2D eigenvalue weighted by atomic mass is 9.61. The van der Waals surface area contributed by atoms with E-state index in [1.807, 2.05) is 18.7 Å². The Kier molecular flexibility index (Phi) is 5.90. The van der Waals surface area contributed by atoms with Crippen LogP contribution in [0, 0.1) is 0 Å². The molecule has 2 heterocycles. The average Bonchev–Trinajstić information content (AvgIpc) is 2.86. The number of allylic oxidation sites excluding steroid dienone is 1. The zero-order chi connectivity index (χ0) is 17.1. The molecule has 0 radical (unpaired) electrons. The van der Waals surface area contributed by atoms with Crippen LogP contribution in [0.4, 0.5) is 4.39 Å². The molecular formula is C17H29BFN3O. The fourth-order valence-electron chi connectivity index (χ4n) is 3.47. The second-order valence-electron chi connectivity index (χ2n) is 6.60. The van der Waals surface area contributed by atoms with Gasteiger partial charge in [-0.3, -0.25) is 0 Å². The molecule has 0 saturated heterocycles. The van der Waals surface area contributed by atoms with Crippen LogP contribution in [-0.4, -0.2) is 36.5 Å². The van der Waals surface area contributed by atoms with Crippen molar-refractivity contribution in [2.75, 3.05) is 13.7 Å². The van der Waals surface area contributed by atoms with Crippen molar-refractivity contribution in [3.63, 3.8) is 0 Å². The lowest BCUT2D eigenvalue weighted by Gasteiger charge is -2.23. The molecule has 1 aromatic rings. The minimum Gasteiger partial charge on any atom is -0.431 e. The zero-order valence-corrected chi connectivity index (χ0v) is 15.2. The second kappa shape index (κ2) is 7.52. The monoisotopic (exact) mass is 321 g/mol. The Morgan fingerprint density at radius 1 is 1.35 bits per heavy atom. The predicted molar refractivity (Wildman–Crippen MR) is 95.0 cm³/mol. The smallest absolute Gasteiger partial charge is 0.327 e. The van der Waals surface area contributed by atoms with Gasteiger partial charge in [0.15, 0.2) is 0 Å². The van der Waals surface area contributed by atoms with Gasteiger partial charge in [0.05, 0.1) is 5.69 Å². The normalized spacial score (nSPS) is 15.8. The maximum absolute atomic E-state index is 13.5. The van der Waals surface area contributed by atoms with Crippen molar-refractivity contribution < 1.29 is 9.04 Å². The molecule has 0 fully saturated rings. The minimum atomic E-state index is -0.836. The van der Waals surface area contributed by atoms with Gasteiger partial charge in [0, 0.05) is 25.8 Å². The van der Waals surface area contributed by atoms with Crippen molar-refractivity contribution in [2.24, 2.45) is 0 Å². The first-order chi connectivity index (χ1) is 10.9. The Hall–Kier alpha value is -1.30. The highest BCUT2D eigenvalue weighted by atomic mass is 19.1. The van der Waals surface area contributed by atoms with Gasteiger partial charge in [-0.05, 0) is 43.6 Å². The molecule has 1 atom stereocenters. The fourth-order valence-corrected chi connectivity index (χ4v) is 3.47. The molecule has 4 nitrogen and oxygen atoms in total. The first kappa shape index (κ1) is 18.0. The molecule has 1 aliphatic rings. The molecular weight excluding hydrogens is 292 g/mol. The van der Waals surface area contributed by atoms with Gasteiger partial charge >= 0.3 is 6.92 Å². The fraction of sp³-hybridized carbons (Fsp3) is 0.706. The molecule has 1 aliphatic heterocycles. The third-order valence-corrected chi connectivity index (χ3v) is 4.40. The van der Waals surface area contributed by atoms with Crippen LogP contribution >= 0.6 is 0 Å². The number of halogens is 1. The maximum atomic E-state index is 13.5. The van der Waals surface area contributed by atoms with Crippen LogP contribution in [0.2, 0.25) is 6.82 Å². The summed E-state index contributed by atoms with van der Waals surface area (Å²) in [7, 11) is 1.88. The van der Waals surface area contributed by atoms with E-state index in [1.165, 1.54) is 11.2 Å². The number of hydrogen-bond donors (Lipinski definition) is 1. The SMILES string of the molecule is CCOB(C)c1c(C(C)C)nn2c1CCC(CC(C)F)=C2NC. The van der Waals surface area contributed by atoms with Gasteiger partial charge < -0.3 is 9.97 Å². The van der Waals surface area contributed by atoms with Crippen LogP contribution in [0.3, 0.4) is 0 Å². The summed E-state index contributed by atoms with van der Waals surface area (Å²) in [6.45, 7) is 10.7. The molecule has 0 spiro atoms. The van der Waals surface area contributed by atoms with Crippen LogP contribution in [0.15, 0.2) is 5.57 Å². The summed E-state index contributed by atoms with van der Waals surface area (Å²) >= 11 is 0. The van der Waals surface area contributed by atoms with Gasteiger partial charge in [0.2, 0.25) is 0 Å². The highest BCUT2D eigenvalue weighted by molar-refractivity contribution is 6.67. The molecule has 2 rings (SSSR count). The first-order valence-corrected chi connectivity index (χ1v) is 8.68. The van der Waals surface area contributed by atoms with E-state index in [1.54, 1.807) is 6.92 Å². The standard InChI is InChI=1S/C17H29BFN3O/c1-7-23-18(5)15-14-9-8-13(10-12(4)19)17(20-6)22(14)21-16(15)11(2)3/h11-12,20H,7-10H2,1-6H3. The molecule has 0 aromatic carbocycles. The van der Waals surface area contributed by atoms with Gasteiger partial charge in [-0.2, -0.15) is 5.10 Å². The summed E-state index contributed by atoms with van der Waals surface area (Å²) < 4.78 is 21.3. The van der Waals surface area contributed by atoms with Gasteiger partial charge in [-0.25, -0.2) is 9.07 Å². The Morgan fingerprint density at radius 2 is 2.04 bits per heavy atom. The van der Waals surface area contributed by atoms with Crippen LogP contribution in [-0.2, 0) is 11.1 Å². The van der Waals surface area contributed by atoms with Crippen LogP contribution < -0.4 is 10.8 Å². The number of alkyl halides is 1. The number of aromatic nitrogens is 2. The summed E-state index contributed by atoms with van der Waals surface area (Å²) in [5.74, 6) is 1.26. The zero-order valence-electron chi connectivity index (χ0n) is 15.2. The van der Waals surface area contributed by atoms with E-state index >= 15 is 0 Å². The molecule has 0 aliphatic carbocycles. The first-order valence-electron chi connectivity index (χ1n) is 8.68. The topological polar surface area (TPSA) is 39.1 Å². The summed E-state index contributed by atoms with van der Waals surface area (Å²) in [5.41, 5.74) is 4.61. The van der Waals surface area contributed by atoms with Crippen molar-refractivity contribution in [1.82, 2.24) is 15.1 Å². The average molecular weight is 321 g/mol. The summed E-state index contributed by atoms with van der Waals surface area (Å²) in [6.07, 6.45) is 1.39. The van der Waals surface area contributed by atoms with Gasteiger partial charge in [-0.15, -0.1) is 0 Å². The molecule has 0 bridgehead atoms. The van der Waals surface area contributed by atoms with E-state index in [-0.39, 0.29) is 6.92 Å². The van der Waals surface area contributed by atoms with E-state index in [9.17, 15) is 4.39 Å². The maximum Gasteiger partial charge on any atom is 0.327 e. The summed E-state index contributed by atoms with van der Waals surface area (Å²) in [4.78, 5) is 0. The van der Waals surface area contributed by atoms with Crippen molar-refractivity contribution in [2.45, 2.75) is 65.9 Å². The summed E-state index contributed by atoms with van der Waals surface area (Å²) in [6, 6.07) is 0. The number of fused-ring (bicyclic) bond motifs is 1. The van der Waals surface area contributed by atoms with Crippen LogP contribution in [0.1, 0.15) is 57.8 Å². The highest BCUT2D eigenvalue weighted by Gasteiger charge is 2.31. The molecule has 0 saturated carbocycles. The minimum absolute atomic E-state index is 0.0286. The van der Waals surface area contributed by atoms with Gasteiger partial charge in [-0.1, -0.05) is 20.7 Å². The van der Waals surface area contributed by atoms with Crippen molar-refractivity contribution in [3.05, 3.63) is 17.0 Å². The van der Waals surface area contributed by atoms with Crippen molar-refractivity contribution in [3.8, 4) is 0 Å². The molecule has 6 heteroatoms. The number of nitrogens with one attached hydrogen (secondary N) is 1. The third-order valence-electron chi connectivity index (χ3n) is 4.40. The van der Waals surface area contributed by atoms with Gasteiger partial charge in [0.1, 0.15) is 12.0 Å². The van der Waals surface area contributed by atoms with Crippen molar-refractivity contribution in [1.29, 1.82) is 0 Å². The van der Waals surface area contributed by atoms with Crippen LogP contribution in [0.25, 0.3) is 5.82 Å². The van der Waals surface area contributed by atoms with Crippen molar-refractivity contribution >= 4 is 18.2 Å². The molecule has 128 valence electrons. The van der Waals surface area contributed by atoms with E-state index in [0.29, 0.717) is 18.9 Å². The molecule has 23 heavy (non-hydrogen) atoms. The number of hydrogen-bond acceptors (Lipinski definition) is 3. The van der Waals surface area contributed by atoms with E-state index in [4.69, 9.17) is 9.75 Å².